The minimum Gasteiger partial charge on any atom is -0.507 e. The monoisotopic (exact) mass is 406 g/mol. The molecule has 0 aliphatic carbocycles. The van der Waals surface area contributed by atoms with Crippen molar-refractivity contribution in [1.29, 1.82) is 0 Å². The third-order valence-corrected chi connectivity index (χ3v) is 5.74. The summed E-state index contributed by atoms with van der Waals surface area (Å²) in [7, 11) is 1.49. The van der Waals surface area contributed by atoms with E-state index in [0.29, 0.717) is 11.3 Å². The molecule has 4 rings (SSSR count). The molecule has 0 saturated carbocycles. The molecule has 1 amide bonds. The zero-order valence-electron chi connectivity index (χ0n) is 15.6. The zero-order valence-corrected chi connectivity index (χ0v) is 16.4. The highest BCUT2D eigenvalue weighted by Gasteiger charge is 2.46. The van der Waals surface area contributed by atoms with Crippen LogP contribution in [-0.2, 0) is 16.1 Å². The molecule has 1 unspecified atom stereocenters. The molecule has 1 fully saturated rings. The average molecular weight is 406 g/mol. The van der Waals surface area contributed by atoms with Crippen molar-refractivity contribution >= 4 is 28.8 Å². The fraction of sp³-hybridized carbons (Fsp3) is 0.136. The van der Waals surface area contributed by atoms with Crippen molar-refractivity contribution in [3.63, 3.8) is 0 Å². The van der Waals surface area contributed by atoms with Gasteiger partial charge in [0.05, 0.1) is 24.3 Å². The van der Waals surface area contributed by atoms with Crippen LogP contribution in [0.2, 0.25) is 0 Å². The van der Waals surface area contributed by atoms with Gasteiger partial charge in [-0.2, -0.15) is 0 Å². The fourth-order valence-corrected chi connectivity index (χ4v) is 4.30. The number of para-hydroxylation sites is 1. The number of nitrogens with zero attached hydrogens (tertiary/aromatic N) is 2. The largest absolute Gasteiger partial charge is 0.507 e. The van der Waals surface area contributed by atoms with E-state index in [1.54, 1.807) is 48.8 Å². The molecular formula is C22H18N2O4S. The van der Waals surface area contributed by atoms with E-state index in [-0.39, 0.29) is 17.9 Å². The molecule has 0 radical (unpaired) electrons. The first-order chi connectivity index (χ1) is 14.1. The lowest BCUT2D eigenvalue weighted by atomic mass is 9.99. The van der Waals surface area contributed by atoms with Gasteiger partial charge in [-0.25, -0.2) is 0 Å². The highest BCUT2D eigenvalue weighted by atomic mass is 32.1. The lowest BCUT2D eigenvalue weighted by molar-refractivity contribution is -0.140. The van der Waals surface area contributed by atoms with Gasteiger partial charge in [-0.1, -0.05) is 18.2 Å². The molecule has 0 spiro atoms. The van der Waals surface area contributed by atoms with E-state index in [4.69, 9.17) is 4.74 Å². The minimum atomic E-state index is -0.708. The highest BCUT2D eigenvalue weighted by molar-refractivity contribution is 7.10. The number of likely N-dealkylation sites (tertiary alicyclic amines) is 1. The summed E-state index contributed by atoms with van der Waals surface area (Å²) in [4.78, 5) is 32.2. The summed E-state index contributed by atoms with van der Waals surface area (Å²) in [5.74, 6) is -1.16. The molecule has 6 nitrogen and oxygen atoms in total. The van der Waals surface area contributed by atoms with Gasteiger partial charge in [-0.15, -0.1) is 11.3 Å². The van der Waals surface area contributed by atoms with E-state index in [9.17, 15) is 14.7 Å². The number of aromatic nitrogens is 1. The van der Waals surface area contributed by atoms with Crippen molar-refractivity contribution in [2.75, 3.05) is 7.11 Å². The predicted molar refractivity (Wildman–Crippen MR) is 109 cm³/mol. The number of carbonyl (C=O) groups is 2. The normalized spacial score (nSPS) is 18.2. The van der Waals surface area contributed by atoms with Crippen molar-refractivity contribution in [1.82, 2.24) is 9.88 Å². The van der Waals surface area contributed by atoms with Crippen LogP contribution in [0.1, 0.15) is 22.0 Å². The predicted octanol–water partition coefficient (Wildman–Crippen LogP) is 3.77. The second-order valence-electron chi connectivity index (χ2n) is 6.50. The second kappa shape index (κ2) is 7.89. The van der Waals surface area contributed by atoms with E-state index in [2.05, 4.69) is 4.98 Å². The van der Waals surface area contributed by atoms with Crippen molar-refractivity contribution in [2.24, 2.45) is 0 Å². The highest BCUT2D eigenvalue weighted by Crippen LogP contribution is 2.42. The number of carbonyl (C=O) groups excluding carboxylic acids is 2. The number of amides is 1. The smallest absolute Gasteiger partial charge is 0.295 e. The van der Waals surface area contributed by atoms with Crippen LogP contribution in [0.25, 0.3) is 5.76 Å². The minimum absolute atomic E-state index is 0.0657. The number of thiophene rings is 1. The molecular weight excluding hydrogens is 388 g/mol. The first-order valence-corrected chi connectivity index (χ1v) is 9.84. The molecule has 7 heteroatoms. The second-order valence-corrected chi connectivity index (χ2v) is 7.48. The van der Waals surface area contributed by atoms with E-state index in [1.807, 2.05) is 17.5 Å². The maximum atomic E-state index is 13.0. The summed E-state index contributed by atoms with van der Waals surface area (Å²) < 4.78 is 5.33. The summed E-state index contributed by atoms with van der Waals surface area (Å²) in [6.45, 7) is 0.234. The maximum absolute atomic E-state index is 13.0. The van der Waals surface area contributed by atoms with E-state index < -0.39 is 17.7 Å². The molecule has 1 aromatic carbocycles. The van der Waals surface area contributed by atoms with Gasteiger partial charge in [0.15, 0.2) is 0 Å². The number of rotatable bonds is 5. The van der Waals surface area contributed by atoms with Crippen LogP contribution in [0.5, 0.6) is 5.75 Å². The van der Waals surface area contributed by atoms with Gasteiger partial charge in [0, 0.05) is 23.8 Å². The summed E-state index contributed by atoms with van der Waals surface area (Å²) in [6, 6.07) is 13.5. The molecule has 1 aliphatic heterocycles. The quantitative estimate of drug-likeness (QED) is 0.396. The number of ketones is 1. The van der Waals surface area contributed by atoms with Crippen molar-refractivity contribution in [3.8, 4) is 5.75 Å². The molecule has 146 valence electrons. The topological polar surface area (TPSA) is 79.7 Å². The Morgan fingerprint density at radius 1 is 1.14 bits per heavy atom. The number of ether oxygens (including phenoxy) is 1. The van der Waals surface area contributed by atoms with E-state index >= 15 is 0 Å². The van der Waals surface area contributed by atoms with E-state index in [1.165, 1.54) is 23.3 Å². The van der Waals surface area contributed by atoms with Gasteiger partial charge in [0.2, 0.25) is 0 Å². The van der Waals surface area contributed by atoms with Gasteiger partial charge in [0.1, 0.15) is 11.5 Å². The number of pyridine rings is 1. The van der Waals surface area contributed by atoms with Crippen LogP contribution >= 0.6 is 11.3 Å². The Bertz CT molecular complexity index is 1080. The number of methoxy groups -OCH3 is 1. The standard InChI is InChI=1S/C22H18N2O4S/c1-28-16-6-3-2-5-15(16)20(25)18-19(17-7-4-12-29-17)24(22(27)21(18)26)13-14-8-10-23-11-9-14/h2-12,19,25H,13H2,1H3/b20-18-. The Kier molecular flexibility index (Phi) is 5.14. The Morgan fingerprint density at radius 2 is 1.90 bits per heavy atom. The summed E-state index contributed by atoms with van der Waals surface area (Å²) in [5, 5.41) is 12.9. The summed E-state index contributed by atoms with van der Waals surface area (Å²) >= 11 is 1.43. The van der Waals surface area contributed by atoms with Gasteiger partial charge in [-0.05, 0) is 41.3 Å². The lowest BCUT2D eigenvalue weighted by Gasteiger charge is -2.24. The average Bonchev–Trinajstić information content (AvgIpc) is 3.37. The molecule has 1 N–H and O–H groups in total. The third-order valence-electron chi connectivity index (χ3n) is 4.82. The molecule has 0 bridgehead atoms. The van der Waals surface area contributed by atoms with Crippen molar-refractivity contribution in [2.45, 2.75) is 12.6 Å². The molecule has 3 heterocycles. The van der Waals surface area contributed by atoms with Crippen LogP contribution < -0.4 is 4.74 Å². The van der Waals surface area contributed by atoms with Crippen molar-refractivity contribution < 1.29 is 19.4 Å². The van der Waals surface area contributed by atoms with Crippen LogP contribution in [0.4, 0.5) is 0 Å². The summed E-state index contributed by atoms with van der Waals surface area (Å²) in [6.07, 6.45) is 3.28. The first-order valence-electron chi connectivity index (χ1n) is 8.96. The van der Waals surface area contributed by atoms with Gasteiger partial charge in [0.25, 0.3) is 11.7 Å². The third kappa shape index (κ3) is 3.40. The number of Topliss-reactive ketones (excluding diaryl/α,β-unsaturated/α-hetero) is 1. The van der Waals surface area contributed by atoms with Crippen LogP contribution in [0, 0.1) is 0 Å². The zero-order chi connectivity index (χ0) is 20.4. The molecule has 1 atom stereocenters. The molecule has 2 aromatic heterocycles. The molecule has 29 heavy (non-hydrogen) atoms. The van der Waals surface area contributed by atoms with Gasteiger partial charge in [-0.3, -0.25) is 14.6 Å². The number of benzene rings is 1. The first kappa shape index (κ1) is 18.9. The molecule has 3 aromatic rings. The summed E-state index contributed by atoms with van der Waals surface area (Å²) in [5.41, 5.74) is 1.29. The SMILES string of the molecule is COc1ccccc1/C(O)=C1/C(=O)C(=O)N(Cc2ccncc2)C1c1cccs1. The molecule has 1 saturated heterocycles. The van der Waals surface area contributed by atoms with Crippen LogP contribution in [-0.4, -0.2) is 33.8 Å². The number of aliphatic hydroxyl groups is 1. The Hall–Kier alpha value is -3.45. The van der Waals surface area contributed by atoms with Gasteiger partial charge < -0.3 is 14.7 Å². The Labute approximate surface area is 171 Å². The maximum Gasteiger partial charge on any atom is 0.295 e. The Balaban J connectivity index is 1.86. The lowest BCUT2D eigenvalue weighted by Crippen LogP contribution is -2.28. The van der Waals surface area contributed by atoms with Gasteiger partial charge >= 0.3 is 0 Å². The van der Waals surface area contributed by atoms with Crippen molar-refractivity contribution in [3.05, 3.63) is 87.9 Å². The number of hydrogen-bond donors (Lipinski definition) is 1. The van der Waals surface area contributed by atoms with E-state index in [0.717, 1.165) is 10.4 Å². The Morgan fingerprint density at radius 3 is 2.59 bits per heavy atom. The molecule has 1 aliphatic rings. The number of aliphatic hydroxyl groups excluding tert-OH is 1. The fourth-order valence-electron chi connectivity index (χ4n) is 3.46. The van der Waals surface area contributed by atoms with Crippen LogP contribution in [0.15, 0.2) is 71.9 Å². The van der Waals surface area contributed by atoms with Crippen LogP contribution in [0.3, 0.4) is 0 Å². The number of hydrogen-bond acceptors (Lipinski definition) is 6.